The van der Waals surface area contributed by atoms with Crippen molar-refractivity contribution >= 4 is 45.6 Å². The number of H-pyrrole nitrogens is 1. The zero-order chi connectivity index (χ0) is 24.1. The lowest BCUT2D eigenvalue weighted by Gasteiger charge is -2.17. The van der Waals surface area contributed by atoms with Gasteiger partial charge in [0.05, 0.1) is 16.6 Å². The van der Waals surface area contributed by atoms with Crippen LogP contribution < -0.4 is 16.0 Å². The Morgan fingerprint density at radius 1 is 1.06 bits per heavy atom. The minimum atomic E-state index is -0.674. The molecule has 0 fully saturated rings. The van der Waals surface area contributed by atoms with Crippen LogP contribution in [0.3, 0.4) is 0 Å². The van der Waals surface area contributed by atoms with Crippen molar-refractivity contribution in [1.82, 2.24) is 20.8 Å². The molecule has 2 heterocycles. The fourth-order valence-corrected chi connectivity index (χ4v) is 4.44. The van der Waals surface area contributed by atoms with Crippen molar-refractivity contribution in [3.05, 3.63) is 81.7 Å². The minimum Gasteiger partial charge on any atom is -0.350 e. The lowest BCUT2D eigenvalue weighted by atomic mass is 10.1. The maximum Gasteiger partial charge on any atom is 0.265 e. The normalized spacial score (nSPS) is 11.7. The van der Waals surface area contributed by atoms with Crippen LogP contribution in [0.1, 0.15) is 43.8 Å². The second kappa shape index (κ2) is 10.3. The van der Waals surface area contributed by atoms with Crippen LogP contribution in [-0.2, 0) is 11.3 Å². The number of fused-ring (bicyclic) bond motifs is 1. The Hall–Kier alpha value is -3.98. The molecule has 1 atom stereocenters. The molecule has 8 nitrogen and oxygen atoms in total. The number of anilines is 1. The maximum absolute atomic E-state index is 12.8. The number of aromatic nitrogens is 2. The molecule has 2 aromatic carbocycles. The molecule has 174 valence electrons. The number of amides is 3. The smallest absolute Gasteiger partial charge is 0.265 e. The van der Waals surface area contributed by atoms with Crippen LogP contribution in [-0.4, -0.2) is 34.0 Å². The lowest BCUT2D eigenvalue weighted by molar-refractivity contribution is -0.123. The molecule has 4 N–H and O–H groups in total. The van der Waals surface area contributed by atoms with Crippen LogP contribution in [0, 0.1) is 6.92 Å². The monoisotopic (exact) mass is 475 g/mol. The average molecular weight is 476 g/mol. The Morgan fingerprint density at radius 2 is 1.85 bits per heavy atom. The largest absolute Gasteiger partial charge is 0.350 e. The summed E-state index contributed by atoms with van der Waals surface area (Å²) < 4.78 is 0. The van der Waals surface area contributed by atoms with Crippen LogP contribution in [0.15, 0.2) is 60.8 Å². The predicted octanol–water partition coefficient (Wildman–Crippen LogP) is 4.01. The van der Waals surface area contributed by atoms with Crippen LogP contribution in [0.25, 0.3) is 10.9 Å². The average Bonchev–Trinajstić information content (AvgIpc) is 3.47. The van der Waals surface area contributed by atoms with Crippen LogP contribution in [0.5, 0.6) is 0 Å². The third-order valence-corrected chi connectivity index (χ3v) is 6.55. The standard InChI is InChI=1S/C25H25N5O3S/c1-3-20(29-23(31)16-9-10-21-18(11-16)14-27-30-21)24(32)26-13-17-12-22(34-15(17)2)25(33)28-19-7-5-4-6-8-19/h4-12,14,20H,3,13H2,1-2H3,(H,26,32)(H,27,30)(H,28,33)(H,29,31)/t20-/m1/s1. The molecule has 3 amide bonds. The number of rotatable bonds is 8. The van der Waals surface area contributed by atoms with Gasteiger partial charge in [-0.2, -0.15) is 5.10 Å². The van der Waals surface area contributed by atoms with Crippen LogP contribution in [0.4, 0.5) is 5.69 Å². The first-order chi connectivity index (χ1) is 16.4. The number of nitrogens with one attached hydrogen (secondary N) is 4. The maximum atomic E-state index is 12.8. The second-order valence-electron chi connectivity index (χ2n) is 7.84. The Morgan fingerprint density at radius 3 is 2.62 bits per heavy atom. The van der Waals surface area contributed by atoms with Crippen molar-refractivity contribution in [3.63, 3.8) is 0 Å². The van der Waals surface area contributed by atoms with Gasteiger partial charge in [-0.3, -0.25) is 19.5 Å². The van der Waals surface area contributed by atoms with Crippen molar-refractivity contribution in [2.45, 2.75) is 32.9 Å². The van der Waals surface area contributed by atoms with E-state index in [1.165, 1.54) is 11.3 Å². The number of hydrogen-bond donors (Lipinski definition) is 4. The fraction of sp³-hybridized carbons (Fsp3) is 0.200. The molecule has 2 aromatic heterocycles. The van der Waals surface area contributed by atoms with Gasteiger partial charge < -0.3 is 16.0 Å². The SMILES string of the molecule is CC[C@@H](NC(=O)c1ccc2[nH]ncc2c1)C(=O)NCc1cc(C(=O)Nc2ccccc2)sc1C. The number of carbonyl (C=O) groups is 3. The van der Waals surface area contributed by atoms with E-state index < -0.39 is 6.04 Å². The fourth-order valence-electron chi connectivity index (χ4n) is 3.51. The summed E-state index contributed by atoms with van der Waals surface area (Å²) in [5, 5.41) is 16.2. The third-order valence-electron chi connectivity index (χ3n) is 5.46. The first-order valence-corrected chi connectivity index (χ1v) is 11.7. The van der Waals surface area contributed by atoms with Gasteiger partial charge in [-0.05, 0) is 55.3 Å². The van der Waals surface area contributed by atoms with E-state index in [2.05, 4.69) is 26.1 Å². The number of para-hydroxylation sites is 1. The zero-order valence-corrected chi connectivity index (χ0v) is 19.7. The van der Waals surface area contributed by atoms with E-state index in [0.717, 1.165) is 27.0 Å². The van der Waals surface area contributed by atoms with Gasteiger partial charge in [0.2, 0.25) is 5.91 Å². The molecule has 4 aromatic rings. The molecule has 4 rings (SSSR count). The molecule has 0 saturated carbocycles. The first kappa shape index (κ1) is 23.2. The van der Waals surface area contributed by atoms with Gasteiger partial charge in [0.1, 0.15) is 6.04 Å². The summed E-state index contributed by atoms with van der Waals surface area (Å²) in [6.07, 6.45) is 2.09. The van der Waals surface area contributed by atoms with E-state index in [1.807, 2.05) is 44.2 Å². The molecule has 34 heavy (non-hydrogen) atoms. The molecular formula is C25H25N5O3S. The molecule has 0 aliphatic carbocycles. The number of thiophene rings is 1. The summed E-state index contributed by atoms with van der Waals surface area (Å²) >= 11 is 1.38. The summed E-state index contributed by atoms with van der Waals surface area (Å²) in [4.78, 5) is 39.5. The van der Waals surface area contributed by atoms with E-state index >= 15 is 0 Å². The number of aryl methyl sites for hydroxylation is 1. The predicted molar refractivity (Wildman–Crippen MR) is 133 cm³/mol. The highest BCUT2D eigenvalue weighted by Crippen LogP contribution is 2.23. The Labute approximate surface area is 200 Å². The van der Waals surface area contributed by atoms with E-state index in [0.29, 0.717) is 16.9 Å². The number of carbonyl (C=O) groups excluding carboxylic acids is 3. The van der Waals surface area contributed by atoms with Gasteiger partial charge in [0, 0.05) is 28.1 Å². The number of aromatic amines is 1. The Bertz CT molecular complexity index is 1330. The zero-order valence-electron chi connectivity index (χ0n) is 18.8. The van der Waals surface area contributed by atoms with E-state index in [-0.39, 0.29) is 24.3 Å². The van der Waals surface area contributed by atoms with Crippen LogP contribution >= 0.6 is 11.3 Å². The van der Waals surface area contributed by atoms with Gasteiger partial charge in [0.25, 0.3) is 11.8 Å². The number of hydrogen-bond acceptors (Lipinski definition) is 5. The van der Waals surface area contributed by atoms with E-state index in [4.69, 9.17) is 0 Å². The molecule has 9 heteroatoms. The minimum absolute atomic E-state index is 0.190. The van der Waals surface area contributed by atoms with Crippen LogP contribution in [0.2, 0.25) is 0 Å². The van der Waals surface area contributed by atoms with E-state index in [9.17, 15) is 14.4 Å². The third kappa shape index (κ3) is 5.32. The highest BCUT2D eigenvalue weighted by atomic mass is 32.1. The number of nitrogens with zero attached hydrogens (tertiary/aromatic N) is 1. The highest BCUT2D eigenvalue weighted by molar-refractivity contribution is 7.14. The van der Waals surface area contributed by atoms with Crippen molar-refractivity contribution in [1.29, 1.82) is 0 Å². The van der Waals surface area contributed by atoms with Crippen molar-refractivity contribution in [2.24, 2.45) is 0 Å². The molecule has 0 aliphatic rings. The highest BCUT2D eigenvalue weighted by Gasteiger charge is 2.21. The van der Waals surface area contributed by atoms with Crippen molar-refractivity contribution in [3.8, 4) is 0 Å². The summed E-state index contributed by atoms with van der Waals surface area (Å²) in [6.45, 7) is 4.02. The second-order valence-corrected chi connectivity index (χ2v) is 9.09. The molecule has 0 radical (unpaired) electrons. The van der Waals surface area contributed by atoms with Gasteiger partial charge in [-0.1, -0.05) is 25.1 Å². The lowest BCUT2D eigenvalue weighted by Crippen LogP contribution is -2.46. The van der Waals surface area contributed by atoms with E-state index in [1.54, 1.807) is 30.5 Å². The Kier molecular flexibility index (Phi) is 7.03. The molecule has 0 spiro atoms. The summed E-state index contributed by atoms with van der Waals surface area (Å²) in [7, 11) is 0. The summed E-state index contributed by atoms with van der Waals surface area (Å²) in [5.41, 5.74) is 2.89. The van der Waals surface area contributed by atoms with Gasteiger partial charge in [-0.15, -0.1) is 11.3 Å². The Balaban J connectivity index is 1.35. The van der Waals surface area contributed by atoms with Crippen molar-refractivity contribution < 1.29 is 14.4 Å². The molecule has 0 unspecified atom stereocenters. The van der Waals surface area contributed by atoms with Gasteiger partial charge in [-0.25, -0.2) is 0 Å². The van der Waals surface area contributed by atoms with Gasteiger partial charge in [0.15, 0.2) is 0 Å². The van der Waals surface area contributed by atoms with Crippen molar-refractivity contribution in [2.75, 3.05) is 5.32 Å². The molecular weight excluding hydrogens is 450 g/mol. The topological polar surface area (TPSA) is 116 Å². The first-order valence-electron chi connectivity index (χ1n) is 10.9. The molecule has 0 saturated heterocycles. The summed E-state index contributed by atoms with van der Waals surface area (Å²) in [5.74, 6) is -0.789. The summed E-state index contributed by atoms with van der Waals surface area (Å²) in [6, 6.07) is 15.6. The molecule has 0 bridgehead atoms. The molecule has 0 aliphatic heterocycles. The quantitative estimate of drug-likeness (QED) is 0.308. The van der Waals surface area contributed by atoms with Gasteiger partial charge >= 0.3 is 0 Å². The number of benzene rings is 2.